The summed E-state index contributed by atoms with van der Waals surface area (Å²) in [6.45, 7) is 4.15. The molecule has 5 heteroatoms. The molecule has 0 aliphatic heterocycles. The Morgan fingerprint density at radius 2 is 0.721 bits per heavy atom. The molecule has 256 valence electrons. The summed E-state index contributed by atoms with van der Waals surface area (Å²) < 4.78 is 10.6. The summed E-state index contributed by atoms with van der Waals surface area (Å²) in [5, 5.41) is 9.53. The smallest absolute Gasteiger partial charge is 0.306 e. The first kappa shape index (κ1) is 41.9. The summed E-state index contributed by atoms with van der Waals surface area (Å²) in [6.07, 6.45) is 37.3. The molecular formula is C38H74O5. The van der Waals surface area contributed by atoms with Crippen molar-refractivity contribution in [3.63, 3.8) is 0 Å². The zero-order chi connectivity index (χ0) is 31.5. The highest BCUT2D eigenvalue weighted by molar-refractivity contribution is 5.70. The van der Waals surface area contributed by atoms with Crippen LogP contribution in [0.3, 0.4) is 0 Å². The van der Waals surface area contributed by atoms with E-state index in [1.807, 2.05) is 0 Å². The summed E-state index contributed by atoms with van der Waals surface area (Å²) in [6, 6.07) is 0. The molecule has 0 fully saturated rings. The minimum atomic E-state index is -0.760. The quantitative estimate of drug-likeness (QED) is 0.0571. The molecule has 1 N–H and O–H groups in total. The second kappa shape index (κ2) is 35.4. The first-order valence-corrected chi connectivity index (χ1v) is 19.1. The van der Waals surface area contributed by atoms with E-state index in [9.17, 15) is 14.7 Å². The van der Waals surface area contributed by atoms with E-state index in [-0.39, 0.29) is 25.2 Å². The van der Waals surface area contributed by atoms with E-state index in [1.165, 1.54) is 154 Å². The van der Waals surface area contributed by atoms with Crippen molar-refractivity contribution in [1.82, 2.24) is 0 Å². The molecule has 1 atom stereocenters. The number of aliphatic hydroxyl groups excluding tert-OH is 1. The van der Waals surface area contributed by atoms with Crippen LogP contribution in [-0.2, 0) is 19.1 Å². The molecule has 0 spiro atoms. The molecule has 0 aliphatic rings. The maximum atomic E-state index is 12.1. The van der Waals surface area contributed by atoms with Gasteiger partial charge in [-0.1, -0.05) is 187 Å². The number of hydrogen-bond acceptors (Lipinski definition) is 5. The van der Waals surface area contributed by atoms with Crippen molar-refractivity contribution in [1.29, 1.82) is 0 Å². The van der Waals surface area contributed by atoms with Gasteiger partial charge in [0.25, 0.3) is 0 Å². The Kier molecular flexibility index (Phi) is 34.5. The second-order valence-corrected chi connectivity index (χ2v) is 13.0. The summed E-state index contributed by atoms with van der Waals surface area (Å²) in [7, 11) is 0. The number of hydrogen-bond donors (Lipinski definition) is 1. The van der Waals surface area contributed by atoms with Crippen LogP contribution in [0, 0.1) is 0 Å². The fourth-order valence-electron chi connectivity index (χ4n) is 5.73. The number of rotatable bonds is 35. The van der Waals surface area contributed by atoms with Crippen LogP contribution >= 0.6 is 0 Å². The van der Waals surface area contributed by atoms with Crippen molar-refractivity contribution in [3.8, 4) is 0 Å². The zero-order valence-corrected chi connectivity index (χ0v) is 29.0. The Morgan fingerprint density at radius 3 is 1.02 bits per heavy atom. The molecule has 0 aromatic rings. The van der Waals surface area contributed by atoms with Crippen LogP contribution in [0.2, 0.25) is 0 Å². The lowest BCUT2D eigenvalue weighted by atomic mass is 10.0. The van der Waals surface area contributed by atoms with Crippen molar-refractivity contribution in [2.75, 3.05) is 13.2 Å². The number of aliphatic hydroxyl groups is 1. The molecule has 0 aliphatic carbocycles. The van der Waals surface area contributed by atoms with Gasteiger partial charge in [0.2, 0.25) is 0 Å². The van der Waals surface area contributed by atoms with Crippen LogP contribution in [0.5, 0.6) is 0 Å². The van der Waals surface area contributed by atoms with Crippen LogP contribution in [0.15, 0.2) is 0 Å². The van der Waals surface area contributed by atoms with Crippen molar-refractivity contribution in [2.45, 2.75) is 219 Å². The Morgan fingerprint density at radius 1 is 0.442 bits per heavy atom. The van der Waals surface area contributed by atoms with Gasteiger partial charge in [0.05, 0.1) is 6.61 Å². The van der Waals surface area contributed by atoms with Gasteiger partial charge in [-0.15, -0.1) is 0 Å². The lowest BCUT2D eigenvalue weighted by Gasteiger charge is -2.15. The summed E-state index contributed by atoms with van der Waals surface area (Å²) >= 11 is 0. The lowest BCUT2D eigenvalue weighted by molar-refractivity contribution is -0.161. The highest BCUT2D eigenvalue weighted by Gasteiger charge is 2.16. The van der Waals surface area contributed by atoms with Crippen LogP contribution < -0.4 is 0 Å². The SMILES string of the molecule is CCCCCCCCCCCCCCCCCCCC(=O)OC(CO)COC(=O)CCCCCCCCCCCCCC. The first-order valence-electron chi connectivity index (χ1n) is 19.1. The summed E-state index contributed by atoms with van der Waals surface area (Å²) in [5.74, 6) is -0.577. The second-order valence-electron chi connectivity index (χ2n) is 13.0. The van der Waals surface area contributed by atoms with E-state index in [0.29, 0.717) is 12.8 Å². The van der Waals surface area contributed by atoms with Gasteiger partial charge in [0.15, 0.2) is 6.10 Å². The van der Waals surface area contributed by atoms with E-state index < -0.39 is 6.10 Å². The average molecular weight is 611 g/mol. The van der Waals surface area contributed by atoms with Crippen molar-refractivity contribution >= 4 is 11.9 Å². The first-order chi connectivity index (χ1) is 21.1. The highest BCUT2D eigenvalue weighted by Crippen LogP contribution is 2.15. The number of ether oxygens (including phenoxy) is 2. The molecule has 0 rings (SSSR count). The zero-order valence-electron chi connectivity index (χ0n) is 29.0. The van der Waals surface area contributed by atoms with E-state index in [2.05, 4.69) is 13.8 Å². The molecule has 5 nitrogen and oxygen atoms in total. The molecule has 0 saturated heterocycles. The number of carbonyl (C=O) groups excluding carboxylic acids is 2. The third-order valence-corrected chi connectivity index (χ3v) is 8.65. The molecule has 0 aromatic carbocycles. The molecule has 1 unspecified atom stereocenters. The van der Waals surface area contributed by atoms with Gasteiger partial charge in [-0.3, -0.25) is 9.59 Å². The average Bonchev–Trinajstić information content (AvgIpc) is 3.01. The Bertz CT molecular complexity index is 579. The molecule has 0 bridgehead atoms. The highest BCUT2D eigenvalue weighted by atomic mass is 16.6. The fraction of sp³-hybridized carbons (Fsp3) is 0.947. The standard InChI is InChI=1S/C38H74O5/c1-3-5-7-9-11-13-15-17-18-19-20-21-23-25-27-29-31-33-38(41)43-36(34-39)35-42-37(40)32-30-28-26-24-22-16-14-12-10-8-6-4-2/h36,39H,3-35H2,1-2H3. The van der Waals surface area contributed by atoms with Gasteiger partial charge in [-0.05, 0) is 12.8 Å². The van der Waals surface area contributed by atoms with Crippen molar-refractivity contribution in [3.05, 3.63) is 0 Å². The predicted octanol–water partition coefficient (Wildman–Crippen LogP) is 11.6. The van der Waals surface area contributed by atoms with Crippen LogP contribution in [0.1, 0.15) is 213 Å². The van der Waals surface area contributed by atoms with E-state index in [4.69, 9.17) is 9.47 Å². The van der Waals surface area contributed by atoms with Gasteiger partial charge in [0.1, 0.15) is 6.61 Å². The topological polar surface area (TPSA) is 72.8 Å². The largest absolute Gasteiger partial charge is 0.462 e. The molecule has 43 heavy (non-hydrogen) atoms. The molecule has 0 heterocycles. The van der Waals surface area contributed by atoms with Gasteiger partial charge in [0, 0.05) is 12.8 Å². The van der Waals surface area contributed by atoms with Crippen LogP contribution in [-0.4, -0.2) is 36.4 Å². The third kappa shape index (κ3) is 33.6. The minimum Gasteiger partial charge on any atom is -0.462 e. The third-order valence-electron chi connectivity index (χ3n) is 8.65. The normalized spacial score (nSPS) is 12.0. The van der Waals surface area contributed by atoms with Gasteiger partial charge in [-0.2, -0.15) is 0 Å². The maximum absolute atomic E-state index is 12.1. The number of esters is 2. The van der Waals surface area contributed by atoms with Crippen LogP contribution in [0.25, 0.3) is 0 Å². The van der Waals surface area contributed by atoms with Gasteiger partial charge < -0.3 is 14.6 Å². The maximum Gasteiger partial charge on any atom is 0.306 e. The van der Waals surface area contributed by atoms with E-state index in [0.717, 1.165) is 32.1 Å². The fourth-order valence-corrected chi connectivity index (χ4v) is 5.73. The summed E-state index contributed by atoms with van der Waals surface area (Å²) in [4.78, 5) is 24.2. The lowest BCUT2D eigenvalue weighted by Crippen LogP contribution is -2.28. The Labute approximate surface area is 268 Å². The minimum absolute atomic E-state index is 0.0572. The van der Waals surface area contributed by atoms with Crippen molar-refractivity contribution in [2.24, 2.45) is 0 Å². The molecule has 0 amide bonds. The molecule has 0 radical (unpaired) electrons. The monoisotopic (exact) mass is 611 g/mol. The van der Waals surface area contributed by atoms with E-state index in [1.54, 1.807) is 0 Å². The summed E-state index contributed by atoms with van der Waals surface area (Å²) in [5.41, 5.74) is 0. The van der Waals surface area contributed by atoms with E-state index >= 15 is 0 Å². The van der Waals surface area contributed by atoms with Gasteiger partial charge >= 0.3 is 11.9 Å². The molecule has 0 saturated carbocycles. The Balaban J connectivity index is 3.49. The number of unbranched alkanes of at least 4 members (excludes halogenated alkanes) is 27. The predicted molar refractivity (Wildman–Crippen MR) is 182 cm³/mol. The molecular weight excluding hydrogens is 536 g/mol. The molecule has 0 aromatic heterocycles. The van der Waals surface area contributed by atoms with Crippen molar-refractivity contribution < 1.29 is 24.2 Å². The van der Waals surface area contributed by atoms with Crippen LogP contribution in [0.4, 0.5) is 0 Å². The van der Waals surface area contributed by atoms with Gasteiger partial charge in [-0.25, -0.2) is 0 Å². The Hall–Kier alpha value is -1.10. The number of carbonyl (C=O) groups is 2.